The Labute approximate surface area is 47.3 Å². The molecule has 8 heavy (non-hydrogen) atoms. The van der Waals surface area contributed by atoms with Crippen molar-refractivity contribution in [3.63, 3.8) is 0 Å². The first-order chi connectivity index (χ1) is 3.60. The van der Waals surface area contributed by atoms with E-state index in [0.29, 0.717) is 12.8 Å². The number of aliphatic hydroxyl groups is 1. The van der Waals surface area contributed by atoms with E-state index in [0.717, 1.165) is 0 Å². The summed E-state index contributed by atoms with van der Waals surface area (Å²) in [6.45, 7) is 1.48. The summed E-state index contributed by atoms with van der Waals surface area (Å²) >= 11 is 0. The summed E-state index contributed by atoms with van der Waals surface area (Å²) in [6.07, 6.45) is 0.763. The Morgan fingerprint density at radius 2 is 2.50 bits per heavy atom. The topological polar surface area (TPSA) is 46.5 Å². The molecule has 0 aromatic rings. The van der Waals surface area contributed by atoms with Crippen molar-refractivity contribution >= 4 is 5.97 Å². The van der Waals surface area contributed by atoms with Crippen LogP contribution >= 0.6 is 0 Å². The van der Waals surface area contributed by atoms with Crippen LogP contribution in [0.4, 0.5) is 0 Å². The molecule has 1 heterocycles. The highest BCUT2D eigenvalue weighted by Crippen LogP contribution is 2.21. The van der Waals surface area contributed by atoms with Crippen LogP contribution < -0.4 is 0 Å². The van der Waals surface area contributed by atoms with Crippen LogP contribution in [-0.2, 0) is 9.53 Å². The van der Waals surface area contributed by atoms with Crippen LogP contribution in [0.25, 0.3) is 0 Å². The lowest BCUT2D eigenvalue weighted by molar-refractivity contribution is -0.180. The van der Waals surface area contributed by atoms with Crippen LogP contribution in [0.5, 0.6) is 0 Å². The smallest absolute Gasteiger partial charge is 0.308 e. The van der Waals surface area contributed by atoms with E-state index in [1.54, 1.807) is 0 Å². The largest absolute Gasteiger partial charge is 0.434 e. The van der Waals surface area contributed by atoms with E-state index in [9.17, 15) is 4.79 Å². The fraction of sp³-hybridized carbons (Fsp3) is 0.800. The van der Waals surface area contributed by atoms with Gasteiger partial charge < -0.3 is 9.84 Å². The number of ether oxygens (including phenoxy) is 1. The molecule has 0 unspecified atom stereocenters. The van der Waals surface area contributed by atoms with Gasteiger partial charge in [-0.05, 0) is 0 Å². The van der Waals surface area contributed by atoms with Gasteiger partial charge in [0, 0.05) is 13.3 Å². The second kappa shape index (κ2) is 1.45. The Morgan fingerprint density at radius 3 is 2.62 bits per heavy atom. The molecule has 3 nitrogen and oxygen atoms in total. The van der Waals surface area contributed by atoms with Crippen molar-refractivity contribution in [3.8, 4) is 0 Å². The third-order valence-corrected chi connectivity index (χ3v) is 1.13. The van der Waals surface area contributed by atoms with Crippen molar-refractivity contribution in [2.24, 2.45) is 0 Å². The molecule has 1 rings (SSSR count). The summed E-state index contributed by atoms with van der Waals surface area (Å²) in [4.78, 5) is 10.3. The van der Waals surface area contributed by atoms with Gasteiger partial charge in [-0.1, -0.05) is 0 Å². The highest BCUT2D eigenvalue weighted by atomic mass is 16.7. The van der Waals surface area contributed by atoms with Gasteiger partial charge in [-0.15, -0.1) is 0 Å². The van der Waals surface area contributed by atoms with E-state index in [1.165, 1.54) is 6.92 Å². The van der Waals surface area contributed by atoms with Crippen LogP contribution in [0.15, 0.2) is 0 Å². The Kier molecular flexibility index (Phi) is 1.01. The van der Waals surface area contributed by atoms with Crippen LogP contribution in [0, 0.1) is 0 Å². The van der Waals surface area contributed by atoms with Crippen molar-refractivity contribution in [3.05, 3.63) is 0 Å². The predicted molar refractivity (Wildman–Crippen MR) is 25.9 cm³/mol. The minimum absolute atomic E-state index is 0.310. The van der Waals surface area contributed by atoms with E-state index in [-0.39, 0.29) is 5.97 Å². The van der Waals surface area contributed by atoms with Gasteiger partial charge in [-0.25, -0.2) is 0 Å². The van der Waals surface area contributed by atoms with E-state index in [1.807, 2.05) is 0 Å². The third kappa shape index (κ3) is 0.980. The molecule has 1 aliphatic heterocycles. The Bertz CT molecular complexity index is 117. The molecular formula is C5H8O3. The summed E-state index contributed by atoms with van der Waals surface area (Å²) in [5.41, 5.74) is 0. The van der Waals surface area contributed by atoms with Crippen LogP contribution in [0.2, 0.25) is 0 Å². The Hall–Kier alpha value is -0.570. The normalized spacial score (nSPS) is 37.5. The first-order valence-corrected chi connectivity index (χ1v) is 2.54. The minimum atomic E-state index is -1.18. The number of carbonyl (C=O) groups is 1. The van der Waals surface area contributed by atoms with Crippen molar-refractivity contribution in [2.75, 3.05) is 0 Å². The molecule has 0 aromatic carbocycles. The molecule has 1 N–H and O–H groups in total. The van der Waals surface area contributed by atoms with Gasteiger partial charge in [-0.3, -0.25) is 4.79 Å². The fourth-order valence-corrected chi connectivity index (χ4v) is 0.681. The monoisotopic (exact) mass is 116 g/mol. The summed E-state index contributed by atoms with van der Waals surface area (Å²) in [5.74, 6) is -1.49. The van der Waals surface area contributed by atoms with Crippen molar-refractivity contribution in [1.82, 2.24) is 0 Å². The number of carbonyl (C=O) groups excluding carboxylic acids is 1. The summed E-state index contributed by atoms with van der Waals surface area (Å²) in [5, 5.41) is 8.92. The number of hydrogen-bond acceptors (Lipinski definition) is 3. The van der Waals surface area contributed by atoms with Gasteiger partial charge in [0.25, 0.3) is 0 Å². The highest BCUT2D eigenvalue weighted by molar-refractivity contribution is 5.71. The molecule has 0 amide bonds. The maximum atomic E-state index is 10.3. The lowest BCUT2D eigenvalue weighted by Gasteiger charge is -2.12. The molecule has 0 saturated carbocycles. The van der Waals surface area contributed by atoms with Gasteiger partial charge in [0.2, 0.25) is 5.79 Å². The van der Waals surface area contributed by atoms with Crippen molar-refractivity contribution < 1.29 is 14.6 Å². The number of cyclic esters (lactones) is 1. The molecule has 0 radical (unpaired) electrons. The van der Waals surface area contributed by atoms with Crippen molar-refractivity contribution in [1.29, 1.82) is 0 Å². The first-order valence-electron chi connectivity index (χ1n) is 2.54. The lowest BCUT2D eigenvalue weighted by Crippen LogP contribution is -2.21. The molecular weight excluding hydrogens is 108 g/mol. The van der Waals surface area contributed by atoms with E-state index >= 15 is 0 Å². The minimum Gasteiger partial charge on any atom is -0.434 e. The summed E-state index contributed by atoms with van der Waals surface area (Å²) in [6, 6.07) is 0. The summed E-state index contributed by atoms with van der Waals surface area (Å²) in [7, 11) is 0. The van der Waals surface area contributed by atoms with E-state index in [2.05, 4.69) is 4.74 Å². The molecule has 0 bridgehead atoms. The average Bonchev–Trinajstić information content (AvgIpc) is 1.82. The molecule has 1 fully saturated rings. The van der Waals surface area contributed by atoms with Crippen molar-refractivity contribution in [2.45, 2.75) is 25.6 Å². The highest BCUT2D eigenvalue weighted by Gasteiger charge is 2.32. The fourth-order valence-electron chi connectivity index (χ4n) is 0.681. The second-order valence-electron chi connectivity index (χ2n) is 2.15. The van der Waals surface area contributed by atoms with Crippen LogP contribution in [-0.4, -0.2) is 16.9 Å². The number of esters is 1. The summed E-state index contributed by atoms with van der Waals surface area (Å²) < 4.78 is 4.47. The number of hydrogen-bond donors (Lipinski definition) is 1. The van der Waals surface area contributed by atoms with Gasteiger partial charge in [0.05, 0.1) is 6.42 Å². The molecule has 0 aliphatic carbocycles. The zero-order chi connectivity index (χ0) is 6.20. The molecule has 1 atom stereocenters. The molecule has 0 aromatic heterocycles. The third-order valence-electron chi connectivity index (χ3n) is 1.13. The molecule has 3 heteroatoms. The lowest BCUT2D eigenvalue weighted by atomic mass is 10.2. The predicted octanol–water partition coefficient (Wildman–Crippen LogP) is 0.0319. The van der Waals surface area contributed by atoms with E-state index in [4.69, 9.17) is 5.11 Å². The van der Waals surface area contributed by atoms with Gasteiger partial charge in [0.15, 0.2) is 0 Å². The zero-order valence-corrected chi connectivity index (χ0v) is 4.68. The van der Waals surface area contributed by atoms with Gasteiger partial charge in [0.1, 0.15) is 0 Å². The average molecular weight is 116 g/mol. The van der Waals surface area contributed by atoms with Gasteiger partial charge >= 0.3 is 5.97 Å². The SMILES string of the molecule is C[C@@]1(O)CCC(=O)O1. The maximum absolute atomic E-state index is 10.3. The standard InChI is InChI=1S/C5H8O3/c1-5(7)3-2-4(6)8-5/h7H,2-3H2,1H3/t5-/m0/s1. The molecule has 46 valence electrons. The zero-order valence-electron chi connectivity index (χ0n) is 4.68. The molecule has 1 saturated heterocycles. The maximum Gasteiger partial charge on any atom is 0.308 e. The van der Waals surface area contributed by atoms with E-state index < -0.39 is 5.79 Å². The van der Waals surface area contributed by atoms with Gasteiger partial charge in [-0.2, -0.15) is 0 Å². The van der Waals surface area contributed by atoms with Crippen LogP contribution in [0.1, 0.15) is 19.8 Å². The second-order valence-corrected chi connectivity index (χ2v) is 2.15. The first kappa shape index (κ1) is 5.56. The quantitative estimate of drug-likeness (QED) is 0.454. The van der Waals surface area contributed by atoms with Crippen LogP contribution in [0.3, 0.4) is 0 Å². The Morgan fingerprint density at radius 1 is 1.88 bits per heavy atom. The Balaban J connectivity index is 2.56. The number of rotatable bonds is 0. The molecule has 1 aliphatic rings. The molecule has 0 spiro atoms.